The largest absolute Gasteiger partial charge is 0.497 e. The summed E-state index contributed by atoms with van der Waals surface area (Å²) < 4.78 is 16.7. The summed E-state index contributed by atoms with van der Waals surface area (Å²) in [7, 11) is 1.61. The lowest BCUT2D eigenvalue weighted by molar-refractivity contribution is -0.159. The standard InChI is InChI=1S/C24H28N2O4.C2H2O4/c1-4-29-24(27)23-19-15-18(28-3)9-10-21(19)30-22(23)16-25-11-13-26(14-12-25)20-8-6-5-7-17(20)2;3-1(4)2(5)6/h5-10,15H,4,11-14,16H2,1-3H3;(H,3,4)(H,5,6). The molecule has 10 nitrogen and oxygen atoms in total. The second kappa shape index (κ2) is 12.1. The van der Waals surface area contributed by atoms with E-state index in [0.29, 0.717) is 35.8 Å². The maximum atomic E-state index is 12.7. The summed E-state index contributed by atoms with van der Waals surface area (Å²) >= 11 is 0. The summed E-state index contributed by atoms with van der Waals surface area (Å²) in [6.45, 7) is 8.53. The maximum absolute atomic E-state index is 12.7. The molecule has 0 spiro atoms. The Bertz CT molecular complexity index is 1220. The Morgan fingerprint density at radius 3 is 2.25 bits per heavy atom. The lowest BCUT2D eigenvalue weighted by Gasteiger charge is -2.36. The minimum atomic E-state index is -1.82. The molecule has 1 aliphatic heterocycles. The van der Waals surface area contributed by atoms with Crippen molar-refractivity contribution in [3.05, 3.63) is 59.4 Å². The van der Waals surface area contributed by atoms with Gasteiger partial charge in [-0.3, -0.25) is 4.90 Å². The number of aryl methyl sites for hydroxylation is 1. The van der Waals surface area contributed by atoms with Crippen LogP contribution in [0.25, 0.3) is 11.0 Å². The zero-order valence-electron chi connectivity index (χ0n) is 20.5. The highest BCUT2D eigenvalue weighted by Crippen LogP contribution is 2.31. The van der Waals surface area contributed by atoms with E-state index in [9.17, 15) is 4.79 Å². The van der Waals surface area contributed by atoms with Gasteiger partial charge in [-0.05, 0) is 43.7 Å². The van der Waals surface area contributed by atoms with Crippen LogP contribution < -0.4 is 9.64 Å². The third-order valence-corrected chi connectivity index (χ3v) is 5.83. The Hall–Kier alpha value is -4.05. The number of aliphatic carboxylic acids is 2. The number of carboxylic acids is 2. The van der Waals surface area contributed by atoms with Crippen LogP contribution in [0.4, 0.5) is 5.69 Å². The Morgan fingerprint density at radius 1 is 1.00 bits per heavy atom. The normalized spacial score (nSPS) is 13.6. The predicted octanol–water partition coefficient (Wildman–Crippen LogP) is 3.40. The highest BCUT2D eigenvalue weighted by molar-refractivity contribution is 6.27. The molecule has 0 atom stereocenters. The van der Waals surface area contributed by atoms with Gasteiger partial charge in [-0.2, -0.15) is 0 Å². The van der Waals surface area contributed by atoms with E-state index < -0.39 is 11.9 Å². The summed E-state index contributed by atoms with van der Waals surface area (Å²) in [5, 5.41) is 15.5. The summed E-state index contributed by atoms with van der Waals surface area (Å²) in [5.74, 6) is -2.66. The maximum Gasteiger partial charge on any atom is 0.414 e. The molecule has 0 radical (unpaired) electrons. The quantitative estimate of drug-likeness (QED) is 0.385. The number of carbonyl (C=O) groups is 3. The zero-order chi connectivity index (χ0) is 26.2. The first kappa shape index (κ1) is 26.6. The van der Waals surface area contributed by atoms with Gasteiger partial charge in [0, 0.05) is 37.3 Å². The van der Waals surface area contributed by atoms with Crippen molar-refractivity contribution >= 4 is 34.6 Å². The molecule has 1 fully saturated rings. The lowest BCUT2D eigenvalue weighted by atomic mass is 10.1. The molecule has 1 saturated heterocycles. The van der Waals surface area contributed by atoms with Crippen LogP contribution >= 0.6 is 0 Å². The van der Waals surface area contributed by atoms with Crippen LogP contribution in [0.1, 0.15) is 28.6 Å². The van der Waals surface area contributed by atoms with Gasteiger partial charge in [0.05, 0.1) is 20.3 Å². The number of fused-ring (bicyclic) bond motifs is 1. The molecule has 10 heteroatoms. The molecule has 0 saturated carbocycles. The fourth-order valence-corrected chi connectivity index (χ4v) is 4.06. The molecular formula is C26H30N2O8. The average molecular weight is 499 g/mol. The predicted molar refractivity (Wildman–Crippen MR) is 133 cm³/mol. The Balaban J connectivity index is 0.000000538. The molecule has 0 amide bonds. The van der Waals surface area contributed by atoms with Crippen molar-refractivity contribution in [1.29, 1.82) is 0 Å². The molecule has 2 N–H and O–H groups in total. The fourth-order valence-electron chi connectivity index (χ4n) is 4.06. The number of para-hydroxylation sites is 1. The number of hydrogen-bond acceptors (Lipinski definition) is 8. The van der Waals surface area contributed by atoms with Crippen molar-refractivity contribution in [3.8, 4) is 5.75 Å². The van der Waals surface area contributed by atoms with Gasteiger partial charge in [0.25, 0.3) is 0 Å². The van der Waals surface area contributed by atoms with Crippen LogP contribution in [0.5, 0.6) is 5.75 Å². The first-order chi connectivity index (χ1) is 17.2. The van der Waals surface area contributed by atoms with Crippen molar-refractivity contribution in [2.24, 2.45) is 0 Å². The molecule has 192 valence electrons. The topological polar surface area (TPSA) is 130 Å². The fraction of sp³-hybridized carbons (Fsp3) is 0.346. The van der Waals surface area contributed by atoms with E-state index in [1.165, 1.54) is 11.3 Å². The number of furan rings is 1. The number of piperazine rings is 1. The number of carboxylic acid groups (broad SMARTS) is 2. The summed E-state index contributed by atoms with van der Waals surface area (Å²) in [6.07, 6.45) is 0. The van der Waals surface area contributed by atoms with E-state index in [1.807, 2.05) is 25.1 Å². The van der Waals surface area contributed by atoms with Crippen LogP contribution in [0.2, 0.25) is 0 Å². The van der Waals surface area contributed by atoms with E-state index >= 15 is 0 Å². The molecule has 0 unspecified atom stereocenters. The highest BCUT2D eigenvalue weighted by atomic mass is 16.5. The van der Waals surface area contributed by atoms with Gasteiger partial charge < -0.3 is 29.0 Å². The van der Waals surface area contributed by atoms with E-state index in [4.69, 9.17) is 33.7 Å². The molecule has 0 bridgehead atoms. The van der Waals surface area contributed by atoms with Crippen LogP contribution in [-0.2, 0) is 20.9 Å². The zero-order valence-corrected chi connectivity index (χ0v) is 20.5. The van der Waals surface area contributed by atoms with Gasteiger partial charge >= 0.3 is 17.9 Å². The second-order valence-electron chi connectivity index (χ2n) is 8.14. The van der Waals surface area contributed by atoms with Crippen molar-refractivity contribution < 1.29 is 38.5 Å². The van der Waals surface area contributed by atoms with Crippen molar-refractivity contribution in [1.82, 2.24) is 4.90 Å². The van der Waals surface area contributed by atoms with Gasteiger partial charge in [0.15, 0.2) is 0 Å². The third kappa shape index (κ3) is 6.33. The number of carbonyl (C=O) groups excluding carboxylic acids is 1. The summed E-state index contributed by atoms with van der Waals surface area (Å²) in [4.78, 5) is 35.6. The van der Waals surface area contributed by atoms with Crippen LogP contribution in [0.3, 0.4) is 0 Å². The van der Waals surface area contributed by atoms with Crippen molar-refractivity contribution in [3.63, 3.8) is 0 Å². The number of ether oxygens (including phenoxy) is 2. The second-order valence-corrected chi connectivity index (χ2v) is 8.14. The van der Waals surface area contributed by atoms with E-state index in [-0.39, 0.29) is 5.97 Å². The SMILES string of the molecule is CCOC(=O)c1c(CN2CCN(c3ccccc3C)CC2)oc2ccc(OC)cc12.O=C(O)C(=O)O. The van der Waals surface area contributed by atoms with Gasteiger partial charge in [-0.1, -0.05) is 18.2 Å². The number of anilines is 1. The van der Waals surface area contributed by atoms with Crippen molar-refractivity contribution in [2.45, 2.75) is 20.4 Å². The van der Waals surface area contributed by atoms with Gasteiger partial charge in [0.1, 0.15) is 22.7 Å². The molecule has 1 aliphatic rings. The molecule has 2 aromatic carbocycles. The first-order valence-corrected chi connectivity index (χ1v) is 11.5. The lowest BCUT2D eigenvalue weighted by Crippen LogP contribution is -2.46. The Morgan fingerprint density at radius 2 is 1.67 bits per heavy atom. The molecular weight excluding hydrogens is 468 g/mol. The summed E-state index contributed by atoms with van der Waals surface area (Å²) in [6, 6.07) is 14.0. The highest BCUT2D eigenvalue weighted by Gasteiger charge is 2.26. The monoisotopic (exact) mass is 498 g/mol. The van der Waals surface area contributed by atoms with E-state index in [1.54, 1.807) is 7.11 Å². The van der Waals surface area contributed by atoms with Gasteiger partial charge in [0.2, 0.25) is 0 Å². The van der Waals surface area contributed by atoms with Crippen LogP contribution in [0, 0.1) is 6.92 Å². The minimum absolute atomic E-state index is 0.323. The van der Waals surface area contributed by atoms with E-state index in [0.717, 1.165) is 31.6 Å². The molecule has 3 aromatic rings. The smallest absolute Gasteiger partial charge is 0.414 e. The number of esters is 1. The molecule has 0 aliphatic carbocycles. The average Bonchev–Trinajstić information content (AvgIpc) is 3.22. The van der Waals surface area contributed by atoms with Crippen LogP contribution in [0.15, 0.2) is 46.9 Å². The first-order valence-electron chi connectivity index (χ1n) is 11.5. The number of benzene rings is 2. The molecule has 4 rings (SSSR count). The minimum Gasteiger partial charge on any atom is -0.497 e. The van der Waals surface area contributed by atoms with Crippen molar-refractivity contribution in [2.75, 3.05) is 44.8 Å². The molecule has 36 heavy (non-hydrogen) atoms. The number of nitrogens with zero attached hydrogens (tertiary/aromatic N) is 2. The molecule has 2 heterocycles. The third-order valence-electron chi connectivity index (χ3n) is 5.83. The Kier molecular flexibility index (Phi) is 8.91. The number of methoxy groups -OCH3 is 1. The van der Waals surface area contributed by atoms with Gasteiger partial charge in [-0.15, -0.1) is 0 Å². The Labute approximate surface area is 208 Å². The number of rotatable bonds is 6. The number of hydrogen-bond donors (Lipinski definition) is 2. The van der Waals surface area contributed by atoms with E-state index in [2.05, 4.69) is 41.0 Å². The molecule has 1 aromatic heterocycles. The van der Waals surface area contributed by atoms with Gasteiger partial charge in [-0.25, -0.2) is 14.4 Å². The van der Waals surface area contributed by atoms with Crippen LogP contribution in [-0.4, -0.2) is 72.9 Å². The summed E-state index contributed by atoms with van der Waals surface area (Å²) in [5.41, 5.74) is 3.77.